The Morgan fingerprint density at radius 3 is 2.38 bits per heavy atom. The lowest BCUT2D eigenvalue weighted by Crippen LogP contribution is -2.07. The van der Waals surface area contributed by atoms with Crippen LogP contribution in [0.3, 0.4) is 0 Å². The maximum atomic E-state index is 12.9. The van der Waals surface area contributed by atoms with E-state index in [-0.39, 0.29) is 12.4 Å². The predicted molar refractivity (Wildman–Crippen MR) is 45.5 cm³/mol. The fourth-order valence-corrected chi connectivity index (χ4v) is 0.878. The van der Waals surface area contributed by atoms with E-state index in [1.807, 2.05) is 0 Å². The molecule has 0 aliphatic rings. The molecule has 1 rings (SSSR count). The van der Waals surface area contributed by atoms with Crippen molar-refractivity contribution >= 4 is 0 Å². The second-order valence-corrected chi connectivity index (χ2v) is 2.54. The maximum absolute atomic E-state index is 12.9. The zero-order valence-electron chi connectivity index (χ0n) is 7.09. The van der Waals surface area contributed by atoms with Crippen LogP contribution in [-0.2, 0) is 0 Å². The molecule has 0 saturated heterocycles. The number of para-hydroxylation sites is 1. The zero-order chi connectivity index (χ0) is 9.68. The fraction of sp³-hybridized carbons (Fsp3) is 0.333. The standard InChI is InChI=1S/C9H11F2NO/c10-7-3-1-4-8(11)9(7)13-6-2-5-12/h1,3-4H,2,5-6,12H2. The highest BCUT2D eigenvalue weighted by Gasteiger charge is 2.08. The summed E-state index contributed by atoms with van der Waals surface area (Å²) in [6, 6.07) is 3.60. The van der Waals surface area contributed by atoms with Gasteiger partial charge < -0.3 is 10.5 Å². The third-order valence-corrected chi connectivity index (χ3v) is 1.51. The molecule has 4 heteroatoms. The summed E-state index contributed by atoms with van der Waals surface area (Å²) >= 11 is 0. The van der Waals surface area contributed by atoms with Crippen molar-refractivity contribution in [2.75, 3.05) is 13.2 Å². The molecule has 0 aliphatic heterocycles. The first kappa shape index (κ1) is 9.92. The average Bonchev–Trinajstić information content (AvgIpc) is 2.10. The van der Waals surface area contributed by atoms with E-state index >= 15 is 0 Å². The molecule has 1 aromatic carbocycles. The molecule has 0 amide bonds. The number of hydrogen-bond acceptors (Lipinski definition) is 2. The molecule has 0 unspecified atom stereocenters. The molecule has 2 nitrogen and oxygen atoms in total. The van der Waals surface area contributed by atoms with Gasteiger partial charge in [0.05, 0.1) is 6.61 Å². The zero-order valence-corrected chi connectivity index (χ0v) is 7.09. The van der Waals surface area contributed by atoms with E-state index in [2.05, 4.69) is 0 Å². The lowest BCUT2D eigenvalue weighted by molar-refractivity contribution is 0.282. The van der Waals surface area contributed by atoms with E-state index in [1.165, 1.54) is 6.07 Å². The molecule has 0 radical (unpaired) electrons. The predicted octanol–water partition coefficient (Wildman–Crippen LogP) is 1.69. The lowest BCUT2D eigenvalue weighted by Gasteiger charge is -2.06. The van der Waals surface area contributed by atoms with Gasteiger partial charge in [-0.25, -0.2) is 8.78 Å². The summed E-state index contributed by atoms with van der Waals surface area (Å²) in [5.41, 5.74) is 5.20. The van der Waals surface area contributed by atoms with Crippen LogP contribution in [0.5, 0.6) is 5.75 Å². The molecule has 1 aromatic rings. The Balaban J connectivity index is 2.64. The summed E-state index contributed by atoms with van der Waals surface area (Å²) in [7, 11) is 0. The van der Waals surface area contributed by atoms with Crippen LogP contribution in [0, 0.1) is 11.6 Å². The van der Waals surface area contributed by atoms with E-state index in [4.69, 9.17) is 10.5 Å². The third-order valence-electron chi connectivity index (χ3n) is 1.51. The van der Waals surface area contributed by atoms with Crippen molar-refractivity contribution in [3.05, 3.63) is 29.8 Å². The van der Waals surface area contributed by atoms with E-state index < -0.39 is 11.6 Å². The van der Waals surface area contributed by atoms with Crippen molar-refractivity contribution < 1.29 is 13.5 Å². The largest absolute Gasteiger partial charge is 0.488 e. The molecular weight excluding hydrogens is 176 g/mol. The van der Waals surface area contributed by atoms with Gasteiger partial charge in [0.15, 0.2) is 17.4 Å². The Hall–Kier alpha value is -1.16. The summed E-state index contributed by atoms with van der Waals surface area (Å²) in [6.07, 6.45) is 0.577. The molecule has 0 atom stereocenters. The molecular formula is C9H11F2NO. The van der Waals surface area contributed by atoms with Gasteiger partial charge in [0.1, 0.15) is 0 Å². The molecule has 2 N–H and O–H groups in total. The van der Waals surface area contributed by atoms with Gasteiger partial charge in [0.2, 0.25) is 0 Å². The van der Waals surface area contributed by atoms with Crippen molar-refractivity contribution in [1.29, 1.82) is 0 Å². The molecule has 0 heterocycles. The van der Waals surface area contributed by atoms with Crippen LogP contribution in [0.2, 0.25) is 0 Å². The van der Waals surface area contributed by atoms with E-state index in [0.717, 1.165) is 12.1 Å². The minimum absolute atomic E-state index is 0.231. The van der Waals surface area contributed by atoms with Gasteiger partial charge >= 0.3 is 0 Å². The fourth-order valence-electron chi connectivity index (χ4n) is 0.878. The molecule has 0 fully saturated rings. The molecule has 72 valence electrons. The Labute approximate surface area is 75.3 Å². The lowest BCUT2D eigenvalue weighted by atomic mass is 10.3. The maximum Gasteiger partial charge on any atom is 0.190 e. The highest BCUT2D eigenvalue weighted by atomic mass is 19.1. The highest BCUT2D eigenvalue weighted by Crippen LogP contribution is 2.20. The second kappa shape index (κ2) is 4.77. The number of ether oxygens (including phenoxy) is 1. The quantitative estimate of drug-likeness (QED) is 0.728. The first-order valence-corrected chi connectivity index (χ1v) is 4.02. The van der Waals surface area contributed by atoms with Gasteiger partial charge in [0.25, 0.3) is 0 Å². The normalized spacial score (nSPS) is 10.1. The molecule has 0 aromatic heterocycles. The van der Waals surface area contributed by atoms with Gasteiger partial charge in [-0.15, -0.1) is 0 Å². The molecule has 13 heavy (non-hydrogen) atoms. The second-order valence-electron chi connectivity index (χ2n) is 2.54. The molecule has 0 bridgehead atoms. The summed E-state index contributed by atoms with van der Waals surface area (Å²) < 4.78 is 30.6. The van der Waals surface area contributed by atoms with E-state index in [9.17, 15) is 8.78 Å². The molecule has 0 saturated carbocycles. The van der Waals surface area contributed by atoms with Crippen LogP contribution in [0.1, 0.15) is 6.42 Å². The van der Waals surface area contributed by atoms with Crippen LogP contribution < -0.4 is 10.5 Å². The first-order chi connectivity index (χ1) is 6.25. The number of rotatable bonds is 4. The van der Waals surface area contributed by atoms with Gasteiger partial charge in [-0.1, -0.05) is 6.07 Å². The SMILES string of the molecule is NCCCOc1c(F)cccc1F. The van der Waals surface area contributed by atoms with Crippen molar-refractivity contribution in [1.82, 2.24) is 0 Å². The minimum Gasteiger partial charge on any atom is -0.488 e. The van der Waals surface area contributed by atoms with E-state index in [0.29, 0.717) is 13.0 Å². The number of halogens is 2. The van der Waals surface area contributed by atoms with Gasteiger partial charge in [0, 0.05) is 0 Å². The van der Waals surface area contributed by atoms with Crippen LogP contribution in [0.25, 0.3) is 0 Å². The highest BCUT2D eigenvalue weighted by molar-refractivity contribution is 5.25. The van der Waals surface area contributed by atoms with Gasteiger partial charge in [-0.2, -0.15) is 0 Å². The third kappa shape index (κ3) is 2.66. The number of benzene rings is 1. The number of nitrogens with two attached hydrogens (primary N) is 1. The first-order valence-electron chi connectivity index (χ1n) is 4.02. The Morgan fingerprint density at radius 2 is 1.85 bits per heavy atom. The van der Waals surface area contributed by atoms with Gasteiger partial charge in [-0.05, 0) is 25.1 Å². The molecule has 0 aliphatic carbocycles. The number of hydrogen-bond donors (Lipinski definition) is 1. The van der Waals surface area contributed by atoms with Crippen molar-refractivity contribution in [3.63, 3.8) is 0 Å². The van der Waals surface area contributed by atoms with E-state index in [1.54, 1.807) is 0 Å². The van der Waals surface area contributed by atoms with Crippen molar-refractivity contribution in [2.24, 2.45) is 5.73 Å². The Kier molecular flexibility index (Phi) is 3.64. The van der Waals surface area contributed by atoms with Crippen LogP contribution in [0.15, 0.2) is 18.2 Å². The molecule has 0 spiro atoms. The summed E-state index contributed by atoms with van der Waals surface area (Å²) in [5, 5.41) is 0. The van der Waals surface area contributed by atoms with Crippen molar-refractivity contribution in [3.8, 4) is 5.75 Å². The minimum atomic E-state index is -0.683. The summed E-state index contributed by atoms with van der Waals surface area (Å²) in [4.78, 5) is 0. The Bertz CT molecular complexity index is 258. The van der Waals surface area contributed by atoms with Crippen LogP contribution >= 0.6 is 0 Å². The Morgan fingerprint density at radius 1 is 1.23 bits per heavy atom. The van der Waals surface area contributed by atoms with Crippen LogP contribution in [-0.4, -0.2) is 13.2 Å². The van der Waals surface area contributed by atoms with Gasteiger partial charge in [-0.3, -0.25) is 0 Å². The average molecular weight is 187 g/mol. The van der Waals surface area contributed by atoms with Crippen LogP contribution in [0.4, 0.5) is 8.78 Å². The monoisotopic (exact) mass is 187 g/mol. The smallest absolute Gasteiger partial charge is 0.190 e. The summed E-state index contributed by atoms with van der Waals surface area (Å²) in [6.45, 7) is 0.671. The topological polar surface area (TPSA) is 35.2 Å². The summed E-state index contributed by atoms with van der Waals surface area (Å²) in [5.74, 6) is -1.69. The van der Waals surface area contributed by atoms with Crippen molar-refractivity contribution in [2.45, 2.75) is 6.42 Å².